The summed E-state index contributed by atoms with van der Waals surface area (Å²) < 4.78 is 1.81. The number of carbonyl (C=O) groups excluding carboxylic acids is 1. The van der Waals surface area contributed by atoms with Gasteiger partial charge >= 0.3 is 0 Å². The van der Waals surface area contributed by atoms with E-state index in [1.54, 1.807) is 0 Å². The molecular weight excluding hydrogens is 238 g/mol. The number of hydrogen-bond donors (Lipinski definition) is 2. The van der Waals surface area contributed by atoms with Gasteiger partial charge in [-0.05, 0) is 13.3 Å². The maximum atomic E-state index is 11.7. The largest absolute Gasteiger partial charge is 0.355 e. The van der Waals surface area contributed by atoms with E-state index in [4.69, 9.17) is 5.73 Å². The molecule has 7 heteroatoms. The summed E-state index contributed by atoms with van der Waals surface area (Å²) in [6.45, 7) is 4.93. The lowest BCUT2D eigenvalue weighted by atomic mass is 10.4. The molecule has 0 aliphatic heterocycles. The van der Waals surface area contributed by atoms with Gasteiger partial charge in [-0.15, -0.1) is 10.2 Å². The number of amides is 1. The van der Waals surface area contributed by atoms with Crippen LogP contribution in [0.4, 0.5) is 0 Å². The zero-order valence-electron chi connectivity index (χ0n) is 10.4. The Hall–Kier alpha value is -1.08. The third-order valence-corrected chi connectivity index (χ3v) is 3.44. The highest BCUT2D eigenvalue weighted by Gasteiger charge is 2.17. The standard InChI is InChI=1S/C10H19N5OS/c1-4-5-12-9(16)7(2)17-10-14-13-8(6-11)15(10)3/h7H,4-6,11H2,1-3H3,(H,12,16). The van der Waals surface area contributed by atoms with Crippen molar-refractivity contribution in [2.75, 3.05) is 6.54 Å². The minimum Gasteiger partial charge on any atom is -0.355 e. The van der Waals surface area contributed by atoms with Crippen molar-refractivity contribution < 1.29 is 4.79 Å². The van der Waals surface area contributed by atoms with Crippen molar-refractivity contribution in [2.24, 2.45) is 12.8 Å². The maximum absolute atomic E-state index is 11.7. The topological polar surface area (TPSA) is 85.8 Å². The second-order valence-electron chi connectivity index (χ2n) is 3.71. The fourth-order valence-electron chi connectivity index (χ4n) is 1.23. The smallest absolute Gasteiger partial charge is 0.233 e. The summed E-state index contributed by atoms with van der Waals surface area (Å²) in [4.78, 5) is 11.7. The lowest BCUT2D eigenvalue weighted by Gasteiger charge is -2.10. The number of nitrogens with one attached hydrogen (secondary N) is 1. The lowest BCUT2D eigenvalue weighted by Crippen LogP contribution is -2.31. The summed E-state index contributed by atoms with van der Waals surface area (Å²) >= 11 is 1.39. The van der Waals surface area contributed by atoms with E-state index < -0.39 is 0 Å². The van der Waals surface area contributed by atoms with Crippen LogP contribution in [0.3, 0.4) is 0 Å². The van der Waals surface area contributed by atoms with Gasteiger partial charge in [0.15, 0.2) is 5.16 Å². The lowest BCUT2D eigenvalue weighted by molar-refractivity contribution is -0.120. The molecule has 0 saturated heterocycles. The fourth-order valence-corrected chi connectivity index (χ4v) is 2.09. The average molecular weight is 257 g/mol. The van der Waals surface area contributed by atoms with E-state index in [0.29, 0.717) is 24.1 Å². The summed E-state index contributed by atoms with van der Waals surface area (Å²) in [5, 5.41) is 11.3. The highest BCUT2D eigenvalue weighted by Crippen LogP contribution is 2.21. The number of nitrogens with two attached hydrogens (primary N) is 1. The molecule has 0 aromatic carbocycles. The van der Waals surface area contributed by atoms with Crippen LogP contribution >= 0.6 is 11.8 Å². The number of thioether (sulfide) groups is 1. The van der Waals surface area contributed by atoms with Crippen molar-refractivity contribution in [3.05, 3.63) is 5.82 Å². The Morgan fingerprint density at radius 1 is 1.59 bits per heavy atom. The quantitative estimate of drug-likeness (QED) is 0.715. The van der Waals surface area contributed by atoms with Crippen molar-refractivity contribution in [3.8, 4) is 0 Å². The van der Waals surface area contributed by atoms with E-state index in [9.17, 15) is 4.79 Å². The van der Waals surface area contributed by atoms with Crippen molar-refractivity contribution in [3.63, 3.8) is 0 Å². The third-order valence-electron chi connectivity index (χ3n) is 2.31. The molecule has 1 aromatic heterocycles. The summed E-state index contributed by atoms with van der Waals surface area (Å²) in [7, 11) is 1.85. The van der Waals surface area contributed by atoms with Crippen LogP contribution in [0, 0.1) is 0 Å². The SMILES string of the molecule is CCCNC(=O)C(C)Sc1nnc(CN)n1C. The molecule has 0 fully saturated rings. The molecule has 1 amide bonds. The van der Waals surface area contributed by atoms with Crippen molar-refractivity contribution in [1.29, 1.82) is 0 Å². The first-order valence-corrected chi connectivity index (χ1v) is 6.50. The van der Waals surface area contributed by atoms with E-state index >= 15 is 0 Å². The second kappa shape index (κ2) is 6.61. The molecule has 0 saturated carbocycles. The molecule has 96 valence electrons. The van der Waals surface area contributed by atoms with Crippen molar-refractivity contribution >= 4 is 17.7 Å². The Balaban J connectivity index is 2.58. The van der Waals surface area contributed by atoms with Crippen LogP contribution in [0.1, 0.15) is 26.1 Å². The summed E-state index contributed by atoms with van der Waals surface area (Å²) in [5.74, 6) is 0.739. The molecule has 0 radical (unpaired) electrons. The zero-order chi connectivity index (χ0) is 12.8. The van der Waals surface area contributed by atoms with E-state index in [1.165, 1.54) is 11.8 Å². The van der Waals surface area contributed by atoms with E-state index in [2.05, 4.69) is 15.5 Å². The number of aromatic nitrogens is 3. The monoisotopic (exact) mass is 257 g/mol. The van der Waals surface area contributed by atoms with Gasteiger partial charge in [0.05, 0.1) is 11.8 Å². The summed E-state index contributed by atoms with van der Waals surface area (Å²) in [6, 6.07) is 0. The summed E-state index contributed by atoms with van der Waals surface area (Å²) in [5.41, 5.74) is 5.51. The average Bonchev–Trinajstić information content (AvgIpc) is 2.67. The van der Waals surface area contributed by atoms with Crippen LogP contribution in [0.2, 0.25) is 0 Å². The van der Waals surface area contributed by atoms with Gasteiger partial charge in [-0.1, -0.05) is 18.7 Å². The van der Waals surface area contributed by atoms with Gasteiger partial charge in [0.25, 0.3) is 0 Å². The number of nitrogens with zero attached hydrogens (tertiary/aromatic N) is 3. The van der Waals surface area contributed by atoms with Crippen LogP contribution < -0.4 is 11.1 Å². The molecule has 1 rings (SSSR count). The molecule has 6 nitrogen and oxygen atoms in total. The Labute approximate surface area is 105 Å². The Morgan fingerprint density at radius 2 is 2.29 bits per heavy atom. The van der Waals surface area contributed by atoms with Gasteiger partial charge < -0.3 is 15.6 Å². The molecule has 17 heavy (non-hydrogen) atoms. The van der Waals surface area contributed by atoms with E-state index in [0.717, 1.165) is 6.42 Å². The third kappa shape index (κ3) is 3.71. The first-order valence-electron chi connectivity index (χ1n) is 5.62. The van der Waals surface area contributed by atoms with Crippen LogP contribution in [-0.4, -0.2) is 32.5 Å². The zero-order valence-corrected chi connectivity index (χ0v) is 11.3. The van der Waals surface area contributed by atoms with E-state index in [-0.39, 0.29) is 11.2 Å². The summed E-state index contributed by atoms with van der Waals surface area (Å²) in [6.07, 6.45) is 0.935. The second-order valence-corrected chi connectivity index (χ2v) is 5.02. The van der Waals surface area contributed by atoms with Crippen LogP contribution in [0.15, 0.2) is 5.16 Å². The molecule has 0 spiro atoms. The molecule has 0 bridgehead atoms. The predicted molar refractivity (Wildman–Crippen MR) is 67.5 cm³/mol. The molecule has 0 aliphatic rings. The normalized spacial score (nSPS) is 12.5. The highest BCUT2D eigenvalue weighted by molar-refractivity contribution is 8.00. The van der Waals surface area contributed by atoms with Gasteiger partial charge in [-0.2, -0.15) is 0 Å². The predicted octanol–water partition coefficient (Wildman–Crippen LogP) is 0.281. The molecule has 1 atom stereocenters. The van der Waals surface area contributed by atoms with E-state index in [1.807, 2.05) is 25.5 Å². The fraction of sp³-hybridized carbons (Fsp3) is 0.700. The molecular formula is C10H19N5OS. The van der Waals surface area contributed by atoms with Gasteiger partial charge in [0.1, 0.15) is 5.82 Å². The molecule has 0 aliphatic carbocycles. The molecule has 1 unspecified atom stereocenters. The van der Waals surface area contributed by atoms with Gasteiger partial charge in [-0.25, -0.2) is 0 Å². The highest BCUT2D eigenvalue weighted by atomic mass is 32.2. The maximum Gasteiger partial charge on any atom is 0.233 e. The molecule has 3 N–H and O–H groups in total. The number of rotatable bonds is 6. The Morgan fingerprint density at radius 3 is 2.82 bits per heavy atom. The molecule has 1 heterocycles. The van der Waals surface area contributed by atoms with Gasteiger partial charge in [0.2, 0.25) is 5.91 Å². The van der Waals surface area contributed by atoms with Crippen LogP contribution in [0.25, 0.3) is 0 Å². The van der Waals surface area contributed by atoms with Gasteiger partial charge in [-0.3, -0.25) is 4.79 Å². The first kappa shape index (κ1) is 14.0. The van der Waals surface area contributed by atoms with Crippen LogP contribution in [-0.2, 0) is 18.4 Å². The number of carbonyl (C=O) groups is 1. The van der Waals surface area contributed by atoms with Gasteiger partial charge in [0, 0.05) is 13.6 Å². The first-order chi connectivity index (χ1) is 8.10. The Bertz CT molecular complexity index is 379. The van der Waals surface area contributed by atoms with Crippen LogP contribution in [0.5, 0.6) is 0 Å². The minimum absolute atomic E-state index is 0.0224. The number of hydrogen-bond acceptors (Lipinski definition) is 5. The van der Waals surface area contributed by atoms with Crippen molar-refractivity contribution in [2.45, 2.75) is 37.2 Å². The Kier molecular flexibility index (Phi) is 5.43. The molecule has 1 aromatic rings. The minimum atomic E-state index is -0.185. The van der Waals surface area contributed by atoms with Crippen molar-refractivity contribution in [1.82, 2.24) is 20.1 Å².